The van der Waals surface area contributed by atoms with E-state index < -0.39 is 6.23 Å². The minimum atomic E-state index is -0.929. The van der Waals surface area contributed by atoms with Crippen LogP contribution in [0.5, 0.6) is 5.75 Å². The van der Waals surface area contributed by atoms with Crippen molar-refractivity contribution in [2.45, 2.75) is 32.2 Å². The standard InChI is InChI=1S/C25H26BrNO3/c1-19(22-10-6-3-7-11-22)27(25(29)17-26)24(28)16-20-12-14-23(15-13-20)30-18-21-8-4-2-5-9-21/h2-15,19,24,28H,16-18H2,1H3/t19-,24-/m1/s1. The Morgan fingerprint density at radius 1 is 0.933 bits per heavy atom. The summed E-state index contributed by atoms with van der Waals surface area (Å²) in [5.74, 6) is 0.616. The Bertz CT molecular complexity index is 916. The predicted octanol–water partition coefficient (Wildman–Crippen LogP) is 5.11. The molecule has 4 nitrogen and oxygen atoms in total. The first-order chi connectivity index (χ1) is 14.6. The van der Waals surface area contributed by atoms with Crippen LogP contribution in [0.2, 0.25) is 0 Å². The molecule has 3 aromatic rings. The molecule has 0 fully saturated rings. The summed E-state index contributed by atoms with van der Waals surface area (Å²) in [6.07, 6.45) is -0.587. The van der Waals surface area contributed by atoms with E-state index in [2.05, 4.69) is 15.9 Å². The van der Waals surface area contributed by atoms with Crippen LogP contribution < -0.4 is 4.74 Å². The lowest BCUT2D eigenvalue weighted by Crippen LogP contribution is -2.43. The van der Waals surface area contributed by atoms with Crippen LogP contribution in [0.3, 0.4) is 0 Å². The summed E-state index contributed by atoms with van der Waals surface area (Å²) in [6, 6.07) is 27.1. The quantitative estimate of drug-likeness (QED) is 0.351. The molecule has 2 atom stereocenters. The average Bonchev–Trinajstić information content (AvgIpc) is 2.79. The van der Waals surface area contributed by atoms with Gasteiger partial charge in [-0.05, 0) is 35.7 Å². The van der Waals surface area contributed by atoms with Crippen molar-refractivity contribution in [3.8, 4) is 5.75 Å². The van der Waals surface area contributed by atoms with Crippen molar-refractivity contribution < 1.29 is 14.6 Å². The number of aliphatic hydroxyl groups excluding tert-OH is 1. The summed E-state index contributed by atoms with van der Waals surface area (Å²) in [5.41, 5.74) is 3.02. The number of benzene rings is 3. The normalized spacial score (nSPS) is 12.8. The maximum Gasteiger partial charge on any atom is 0.235 e. The summed E-state index contributed by atoms with van der Waals surface area (Å²) in [7, 11) is 0. The number of hydrogen-bond acceptors (Lipinski definition) is 3. The smallest absolute Gasteiger partial charge is 0.235 e. The number of carbonyl (C=O) groups excluding carboxylic acids is 1. The van der Waals surface area contributed by atoms with Gasteiger partial charge in [0.1, 0.15) is 18.6 Å². The summed E-state index contributed by atoms with van der Waals surface area (Å²) in [4.78, 5) is 14.1. The minimum absolute atomic E-state index is 0.151. The molecular weight excluding hydrogens is 442 g/mol. The minimum Gasteiger partial charge on any atom is -0.489 e. The van der Waals surface area contributed by atoms with Crippen molar-refractivity contribution >= 4 is 21.8 Å². The second-order valence-electron chi connectivity index (χ2n) is 7.12. The van der Waals surface area contributed by atoms with E-state index in [-0.39, 0.29) is 17.3 Å². The number of nitrogens with zero attached hydrogens (tertiary/aromatic N) is 1. The summed E-state index contributed by atoms with van der Waals surface area (Å²) < 4.78 is 5.82. The molecular formula is C25H26BrNO3. The first kappa shape index (κ1) is 22.1. The number of hydrogen-bond donors (Lipinski definition) is 1. The molecule has 156 valence electrons. The fourth-order valence-electron chi connectivity index (χ4n) is 3.37. The third kappa shape index (κ3) is 5.94. The Morgan fingerprint density at radius 3 is 2.13 bits per heavy atom. The average molecular weight is 468 g/mol. The van der Waals surface area contributed by atoms with E-state index in [9.17, 15) is 9.90 Å². The van der Waals surface area contributed by atoms with E-state index in [1.807, 2.05) is 91.9 Å². The number of carbonyl (C=O) groups is 1. The van der Waals surface area contributed by atoms with Crippen LogP contribution in [0.1, 0.15) is 29.7 Å². The molecule has 0 saturated heterocycles. The van der Waals surface area contributed by atoms with Gasteiger partial charge in [0.15, 0.2) is 0 Å². The zero-order chi connectivity index (χ0) is 21.3. The van der Waals surface area contributed by atoms with Crippen LogP contribution >= 0.6 is 15.9 Å². The molecule has 0 aliphatic carbocycles. The Labute approximate surface area is 186 Å². The number of halogens is 1. The first-order valence-corrected chi connectivity index (χ1v) is 11.1. The van der Waals surface area contributed by atoms with Crippen LogP contribution in [-0.2, 0) is 17.8 Å². The molecule has 0 heterocycles. The van der Waals surface area contributed by atoms with Crippen molar-refractivity contribution in [2.75, 3.05) is 5.33 Å². The molecule has 0 aromatic heterocycles. The highest BCUT2D eigenvalue weighted by Gasteiger charge is 2.27. The second-order valence-corrected chi connectivity index (χ2v) is 7.68. The second kappa shape index (κ2) is 11.0. The highest BCUT2D eigenvalue weighted by molar-refractivity contribution is 9.09. The third-order valence-corrected chi connectivity index (χ3v) is 5.49. The van der Waals surface area contributed by atoms with E-state index >= 15 is 0 Å². The molecule has 3 rings (SSSR count). The van der Waals surface area contributed by atoms with Gasteiger partial charge in [0.2, 0.25) is 5.91 Å². The summed E-state index contributed by atoms with van der Waals surface area (Å²) >= 11 is 3.24. The maximum absolute atomic E-state index is 12.5. The van der Waals surface area contributed by atoms with E-state index in [1.54, 1.807) is 0 Å². The molecule has 5 heteroatoms. The van der Waals surface area contributed by atoms with Gasteiger partial charge < -0.3 is 14.7 Å². The monoisotopic (exact) mass is 467 g/mol. The van der Waals surface area contributed by atoms with Gasteiger partial charge in [-0.3, -0.25) is 4.79 Å². The SMILES string of the molecule is C[C@H](c1ccccc1)N(C(=O)CBr)[C@H](O)Cc1ccc(OCc2ccccc2)cc1. The Hall–Kier alpha value is -2.63. The number of ether oxygens (including phenoxy) is 1. The molecule has 0 aliphatic heterocycles. The number of rotatable bonds is 9. The van der Waals surface area contributed by atoms with Gasteiger partial charge in [0, 0.05) is 6.42 Å². The molecule has 0 radical (unpaired) electrons. The zero-order valence-corrected chi connectivity index (χ0v) is 18.5. The lowest BCUT2D eigenvalue weighted by atomic mass is 10.0. The topological polar surface area (TPSA) is 49.8 Å². The molecule has 1 amide bonds. The molecule has 0 saturated carbocycles. The van der Waals surface area contributed by atoms with E-state index in [0.717, 1.165) is 22.4 Å². The highest BCUT2D eigenvalue weighted by Crippen LogP contribution is 2.24. The molecule has 0 spiro atoms. The highest BCUT2D eigenvalue weighted by atomic mass is 79.9. The number of alkyl halides is 1. The Morgan fingerprint density at radius 2 is 1.53 bits per heavy atom. The molecule has 0 bridgehead atoms. The molecule has 0 aliphatic rings. The van der Waals surface area contributed by atoms with E-state index in [1.165, 1.54) is 4.90 Å². The van der Waals surface area contributed by atoms with Gasteiger partial charge in [-0.1, -0.05) is 88.7 Å². The zero-order valence-electron chi connectivity index (χ0n) is 16.9. The lowest BCUT2D eigenvalue weighted by molar-refractivity contribution is -0.142. The van der Waals surface area contributed by atoms with Crippen molar-refractivity contribution in [1.29, 1.82) is 0 Å². The van der Waals surface area contributed by atoms with Crippen molar-refractivity contribution in [3.63, 3.8) is 0 Å². The van der Waals surface area contributed by atoms with Crippen molar-refractivity contribution in [3.05, 3.63) is 102 Å². The van der Waals surface area contributed by atoms with Crippen LogP contribution in [0.4, 0.5) is 0 Å². The van der Waals surface area contributed by atoms with Gasteiger partial charge in [-0.2, -0.15) is 0 Å². The summed E-state index contributed by atoms with van der Waals surface area (Å²) in [5, 5.41) is 11.0. The van der Waals surface area contributed by atoms with E-state index in [4.69, 9.17) is 4.74 Å². The lowest BCUT2D eigenvalue weighted by Gasteiger charge is -2.33. The van der Waals surface area contributed by atoms with E-state index in [0.29, 0.717) is 13.0 Å². The molecule has 30 heavy (non-hydrogen) atoms. The van der Waals surface area contributed by atoms with Crippen molar-refractivity contribution in [2.24, 2.45) is 0 Å². The Kier molecular flexibility index (Phi) is 8.05. The van der Waals surface area contributed by atoms with Crippen LogP contribution in [0.25, 0.3) is 0 Å². The maximum atomic E-state index is 12.5. The summed E-state index contributed by atoms with van der Waals surface area (Å²) in [6.45, 7) is 2.44. The third-order valence-electron chi connectivity index (χ3n) is 5.01. The van der Waals surface area contributed by atoms with Crippen LogP contribution in [-0.4, -0.2) is 27.5 Å². The number of aliphatic hydroxyl groups is 1. The van der Waals surface area contributed by atoms with Crippen LogP contribution in [0.15, 0.2) is 84.9 Å². The van der Waals surface area contributed by atoms with Gasteiger partial charge in [-0.15, -0.1) is 0 Å². The molecule has 0 unspecified atom stereocenters. The fraction of sp³-hybridized carbons (Fsp3) is 0.240. The van der Waals surface area contributed by atoms with Gasteiger partial charge in [0.05, 0.1) is 11.4 Å². The predicted molar refractivity (Wildman–Crippen MR) is 122 cm³/mol. The van der Waals surface area contributed by atoms with Gasteiger partial charge >= 0.3 is 0 Å². The molecule has 1 N–H and O–H groups in total. The largest absolute Gasteiger partial charge is 0.489 e. The van der Waals surface area contributed by atoms with Gasteiger partial charge in [0.25, 0.3) is 0 Å². The number of amides is 1. The van der Waals surface area contributed by atoms with Crippen molar-refractivity contribution in [1.82, 2.24) is 4.90 Å². The Balaban J connectivity index is 1.65. The first-order valence-electron chi connectivity index (χ1n) is 9.94. The molecule has 3 aromatic carbocycles. The van der Waals surface area contributed by atoms with Crippen LogP contribution in [0, 0.1) is 0 Å². The van der Waals surface area contributed by atoms with Gasteiger partial charge in [-0.25, -0.2) is 0 Å². The fourth-order valence-corrected chi connectivity index (χ4v) is 3.66.